The number of hydrogen-bond acceptors (Lipinski definition) is 6. The molecule has 0 aromatic heterocycles. The molecule has 0 saturated carbocycles. The number of ether oxygens (including phenoxy) is 5. The maximum atomic E-state index is 11.5. The van der Waals surface area contributed by atoms with Gasteiger partial charge in [-0.1, -0.05) is 34.6 Å². The van der Waals surface area contributed by atoms with Crippen molar-refractivity contribution in [3.63, 3.8) is 0 Å². The van der Waals surface area contributed by atoms with E-state index in [0.717, 1.165) is 0 Å². The number of methoxy groups -OCH3 is 1. The Balaban J connectivity index is 2.04. The minimum absolute atomic E-state index is 0.0391. The van der Waals surface area contributed by atoms with Crippen LogP contribution in [0.15, 0.2) is 0 Å². The Hall–Kier alpha value is -0.690. The number of rotatable bonds is 5. The third-order valence-corrected chi connectivity index (χ3v) is 6.65. The highest BCUT2D eigenvalue weighted by Crippen LogP contribution is 2.37. The zero-order valence-corrected chi connectivity index (χ0v) is 17.4. The van der Waals surface area contributed by atoms with Crippen molar-refractivity contribution in [3.05, 3.63) is 0 Å². The van der Waals surface area contributed by atoms with Crippen molar-refractivity contribution in [3.8, 4) is 0 Å². The van der Waals surface area contributed by atoms with Crippen molar-refractivity contribution < 1.29 is 28.5 Å². The van der Waals surface area contributed by atoms with Crippen LogP contribution in [-0.4, -0.2) is 50.6 Å². The van der Waals surface area contributed by atoms with Crippen molar-refractivity contribution in [2.75, 3.05) is 13.7 Å². The van der Waals surface area contributed by atoms with E-state index in [2.05, 4.69) is 34.6 Å². The van der Waals surface area contributed by atoms with E-state index in [1.165, 1.54) is 6.92 Å². The predicted molar refractivity (Wildman–Crippen MR) is 97.3 cm³/mol. The standard InChI is InChI=1S/C20H36O6/c1-10-12(3)17(26-19(22-8)14(10)5)9-23-20-18(25-16(7)21)13(4)11(2)15(6)24-20/h10-15,17-20H,9H2,1-8H3/t10-,11+,12-,13-,14?,15?,17?,18?,19-,20+/m0/s1. The number of carbonyl (C=O) groups is 1. The van der Waals surface area contributed by atoms with Gasteiger partial charge in [-0.3, -0.25) is 4.79 Å². The van der Waals surface area contributed by atoms with Crippen LogP contribution in [0.1, 0.15) is 48.5 Å². The van der Waals surface area contributed by atoms with E-state index in [9.17, 15) is 4.79 Å². The van der Waals surface area contributed by atoms with Crippen molar-refractivity contribution in [1.29, 1.82) is 0 Å². The van der Waals surface area contributed by atoms with Crippen LogP contribution in [0.25, 0.3) is 0 Å². The molecule has 152 valence electrons. The fourth-order valence-corrected chi connectivity index (χ4v) is 4.01. The second-order valence-corrected chi connectivity index (χ2v) is 8.19. The van der Waals surface area contributed by atoms with Crippen molar-refractivity contribution in [2.45, 2.75) is 79.4 Å². The van der Waals surface area contributed by atoms with Gasteiger partial charge < -0.3 is 23.7 Å². The Morgan fingerprint density at radius 3 is 2.08 bits per heavy atom. The first-order chi connectivity index (χ1) is 12.2. The zero-order valence-electron chi connectivity index (χ0n) is 17.4. The van der Waals surface area contributed by atoms with Crippen molar-refractivity contribution >= 4 is 5.97 Å². The van der Waals surface area contributed by atoms with Crippen LogP contribution in [0.4, 0.5) is 0 Å². The van der Waals surface area contributed by atoms with Crippen molar-refractivity contribution in [1.82, 2.24) is 0 Å². The topological polar surface area (TPSA) is 63.2 Å². The molecule has 0 spiro atoms. The second kappa shape index (κ2) is 9.00. The van der Waals surface area contributed by atoms with Gasteiger partial charge in [-0.25, -0.2) is 0 Å². The predicted octanol–water partition coefficient (Wildman–Crippen LogP) is 3.23. The molecule has 2 rings (SSSR count). The van der Waals surface area contributed by atoms with E-state index in [-0.39, 0.29) is 36.3 Å². The third-order valence-electron chi connectivity index (χ3n) is 6.65. The third kappa shape index (κ3) is 4.58. The molecule has 0 amide bonds. The lowest BCUT2D eigenvalue weighted by molar-refractivity contribution is -0.296. The van der Waals surface area contributed by atoms with Crippen LogP contribution >= 0.6 is 0 Å². The van der Waals surface area contributed by atoms with E-state index in [1.54, 1.807) is 7.11 Å². The highest BCUT2D eigenvalue weighted by molar-refractivity contribution is 5.66. The highest BCUT2D eigenvalue weighted by Gasteiger charge is 2.44. The van der Waals surface area contributed by atoms with E-state index in [4.69, 9.17) is 23.7 Å². The maximum absolute atomic E-state index is 11.5. The van der Waals surface area contributed by atoms with Gasteiger partial charge in [0.1, 0.15) is 0 Å². The Bertz CT molecular complexity index is 467. The molecule has 6 heteroatoms. The first-order valence-corrected chi connectivity index (χ1v) is 9.79. The zero-order chi connectivity index (χ0) is 19.6. The quantitative estimate of drug-likeness (QED) is 0.691. The number of hydrogen-bond donors (Lipinski definition) is 0. The minimum Gasteiger partial charge on any atom is -0.457 e. The van der Waals surface area contributed by atoms with Gasteiger partial charge in [0.15, 0.2) is 18.7 Å². The summed E-state index contributed by atoms with van der Waals surface area (Å²) in [5.74, 6) is 1.24. The van der Waals surface area contributed by atoms with Crippen LogP contribution in [0.2, 0.25) is 0 Å². The monoisotopic (exact) mass is 372 g/mol. The first kappa shape index (κ1) is 21.6. The summed E-state index contributed by atoms with van der Waals surface area (Å²) < 4.78 is 29.2. The summed E-state index contributed by atoms with van der Waals surface area (Å²) in [4.78, 5) is 11.5. The van der Waals surface area contributed by atoms with Crippen LogP contribution < -0.4 is 0 Å². The van der Waals surface area contributed by atoms with Gasteiger partial charge in [-0.2, -0.15) is 0 Å². The summed E-state index contributed by atoms with van der Waals surface area (Å²) in [7, 11) is 1.67. The molecule has 0 aromatic carbocycles. The molecule has 0 bridgehead atoms. The van der Waals surface area contributed by atoms with E-state index >= 15 is 0 Å². The molecule has 10 atom stereocenters. The van der Waals surface area contributed by atoms with Gasteiger partial charge in [0, 0.05) is 25.9 Å². The van der Waals surface area contributed by atoms with Crippen molar-refractivity contribution in [2.24, 2.45) is 29.6 Å². The molecule has 2 heterocycles. The minimum atomic E-state index is -0.577. The van der Waals surface area contributed by atoms with Gasteiger partial charge in [0.05, 0.1) is 18.8 Å². The van der Waals surface area contributed by atoms with E-state index in [0.29, 0.717) is 24.4 Å². The van der Waals surface area contributed by atoms with Gasteiger partial charge in [-0.05, 0) is 24.7 Å². The van der Waals surface area contributed by atoms with E-state index in [1.807, 2.05) is 6.92 Å². The van der Waals surface area contributed by atoms with Gasteiger partial charge in [0.25, 0.3) is 0 Å². The SMILES string of the molecule is CO[C@H]1OC(CO[C@@H]2OC(C)[C@H](C)[C@H](C)C2OC(C)=O)[C@@H](C)[C@H](C)C1C. The summed E-state index contributed by atoms with van der Waals surface area (Å²) in [6, 6.07) is 0. The second-order valence-electron chi connectivity index (χ2n) is 8.19. The molecule has 0 radical (unpaired) electrons. The first-order valence-electron chi connectivity index (χ1n) is 9.79. The fraction of sp³-hybridized carbons (Fsp3) is 0.950. The summed E-state index contributed by atoms with van der Waals surface area (Å²) >= 11 is 0. The molecule has 0 aliphatic carbocycles. The number of esters is 1. The van der Waals surface area contributed by atoms with Crippen LogP contribution in [0.3, 0.4) is 0 Å². The summed E-state index contributed by atoms with van der Waals surface area (Å²) in [5.41, 5.74) is 0. The molecule has 4 unspecified atom stereocenters. The maximum Gasteiger partial charge on any atom is 0.303 e. The highest BCUT2D eigenvalue weighted by atomic mass is 16.7. The molecule has 2 aliphatic rings. The molecular formula is C20H36O6. The fourth-order valence-electron chi connectivity index (χ4n) is 4.01. The summed E-state index contributed by atoms with van der Waals surface area (Å²) in [6.45, 7) is 14.6. The lowest BCUT2D eigenvalue weighted by Crippen LogP contribution is -2.53. The van der Waals surface area contributed by atoms with Crippen LogP contribution in [-0.2, 0) is 28.5 Å². The molecule has 0 aromatic rings. The smallest absolute Gasteiger partial charge is 0.303 e. The van der Waals surface area contributed by atoms with E-state index < -0.39 is 12.4 Å². The molecule has 6 nitrogen and oxygen atoms in total. The Morgan fingerprint density at radius 2 is 1.50 bits per heavy atom. The van der Waals surface area contributed by atoms with Gasteiger partial charge >= 0.3 is 5.97 Å². The van der Waals surface area contributed by atoms with Crippen LogP contribution in [0, 0.1) is 29.6 Å². The Labute approximate surface area is 157 Å². The largest absolute Gasteiger partial charge is 0.457 e. The van der Waals surface area contributed by atoms with Gasteiger partial charge in [-0.15, -0.1) is 0 Å². The molecule has 2 saturated heterocycles. The lowest BCUT2D eigenvalue weighted by Gasteiger charge is -2.45. The van der Waals surface area contributed by atoms with Gasteiger partial charge in [0.2, 0.25) is 0 Å². The Kier molecular flexibility index (Phi) is 7.48. The molecule has 2 aliphatic heterocycles. The average molecular weight is 373 g/mol. The average Bonchev–Trinajstić information content (AvgIpc) is 2.60. The molecule has 26 heavy (non-hydrogen) atoms. The number of carbonyl (C=O) groups excluding carboxylic acids is 1. The lowest BCUT2D eigenvalue weighted by atomic mass is 9.79. The molecule has 0 N–H and O–H groups in total. The van der Waals surface area contributed by atoms with Crippen LogP contribution in [0.5, 0.6) is 0 Å². The summed E-state index contributed by atoms with van der Waals surface area (Å²) in [6.07, 6.45) is -1.27. The normalized spacial score (nSPS) is 46.8. The molecule has 2 fully saturated rings. The summed E-state index contributed by atoms with van der Waals surface area (Å²) in [5, 5.41) is 0. The molecular weight excluding hydrogens is 336 g/mol. The Morgan fingerprint density at radius 1 is 0.846 bits per heavy atom.